The lowest BCUT2D eigenvalue weighted by atomic mass is 9.98. The van der Waals surface area contributed by atoms with Gasteiger partial charge in [-0.05, 0) is 101 Å². The Morgan fingerprint density at radius 2 is 1.75 bits per heavy atom. The van der Waals surface area contributed by atoms with Gasteiger partial charge in [-0.25, -0.2) is 4.79 Å². The number of fused-ring (bicyclic) bond motifs is 4. The van der Waals surface area contributed by atoms with Gasteiger partial charge in [-0.1, -0.05) is 29.3 Å². The zero-order valence-corrected chi connectivity index (χ0v) is 31.1. The summed E-state index contributed by atoms with van der Waals surface area (Å²) in [7, 11) is 1.92. The number of carbonyl (C=O) groups is 2. The van der Waals surface area contributed by atoms with Crippen LogP contribution in [0.1, 0.15) is 68.7 Å². The van der Waals surface area contributed by atoms with Crippen molar-refractivity contribution in [2.45, 2.75) is 67.0 Å². The second kappa shape index (κ2) is 13.4. The van der Waals surface area contributed by atoms with Crippen LogP contribution in [0.3, 0.4) is 0 Å². The van der Waals surface area contributed by atoms with E-state index in [-0.39, 0.29) is 11.5 Å². The number of hydrogen-bond donors (Lipinski definition) is 1. The molecule has 264 valence electrons. The number of anilines is 1. The van der Waals surface area contributed by atoms with Crippen molar-refractivity contribution in [1.82, 2.24) is 24.1 Å². The minimum absolute atomic E-state index is 0.104. The summed E-state index contributed by atoms with van der Waals surface area (Å²) in [5.74, 6) is -0.506. The van der Waals surface area contributed by atoms with Crippen LogP contribution < -0.4 is 9.64 Å². The van der Waals surface area contributed by atoms with E-state index < -0.39 is 5.97 Å². The minimum atomic E-state index is -1.06. The average molecular weight is 728 g/mol. The van der Waals surface area contributed by atoms with Crippen LogP contribution in [0.15, 0.2) is 42.6 Å². The molecule has 0 saturated carbocycles. The molecule has 6 aromatic rings. The summed E-state index contributed by atoms with van der Waals surface area (Å²) >= 11 is 13.5. The van der Waals surface area contributed by atoms with Crippen LogP contribution in [0.2, 0.25) is 10.0 Å². The standard InChI is InChI=1S/C39H40Cl2N6O4/c1-7-47-35-26(20-42-47)18-25(39(49)50)19-31(35)45-13-9-14-46-36-29(11-12-30(40)33(36)32-23(4)43-44(6)24(32)5)28(37(46)38(45)48)10-8-15-51-27-16-21(2)34(41)22(3)17-27/h11-12,16-20H,7-10,13-15H2,1-6H3,(H,49,50). The topological polar surface area (TPSA) is 107 Å². The van der Waals surface area contributed by atoms with Crippen LogP contribution in [-0.4, -0.2) is 54.3 Å². The molecule has 1 aliphatic heterocycles. The summed E-state index contributed by atoms with van der Waals surface area (Å²) in [6.45, 7) is 11.9. The number of carboxylic acid groups (broad SMARTS) is 1. The average Bonchev–Trinajstić information content (AvgIpc) is 3.69. The minimum Gasteiger partial charge on any atom is -0.494 e. The maximum Gasteiger partial charge on any atom is 0.335 e. The molecule has 0 spiro atoms. The highest BCUT2D eigenvalue weighted by Crippen LogP contribution is 2.43. The van der Waals surface area contributed by atoms with Gasteiger partial charge >= 0.3 is 5.97 Å². The first-order valence-electron chi connectivity index (χ1n) is 17.2. The number of aryl methyl sites for hydroxylation is 7. The molecule has 1 amide bonds. The van der Waals surface area contributed by atoms with Crippen LogP contribution in [0.25, 0.3) is 32.9 Å². The van der Waals surface area contributed by atoms with Gasteiger partial charge in [-0.15, -0.1) is 0 Å². The Morgan fingerprint density at radius 1 is 1.00 bits per heavy atom. The largest absolute Gasteiger partial charge is 0.494 e. The van der Waals surface area contributed by atoms with Gasteiger partial charge in [0.15, 0.2) is 0 Å². The molecule has 0 fully saturated rings. The summed E-state index contributed by atoms with van der Waals surface area (Å²) in [5, 5.41) is 22.2. The molecular formula is C39H40Cl2N6O4. The number of ether oxygens (including phenoxy) is 1. The fraction of sp³-hybridized carbons (Fsp3) is 0.333. The fourth-order valence-corrected chi connectivity index (χ4v) is 8.00. The van der Waals surface area contributed by atoms with Gasteiger partial charge < -0.3 is 19.3 Å². The first-order valence-corrected chi connectivity index (χ1v) is 17.9. The van der Waals surface area contributed by atoms with E-state index in [1.807, 2.05) is 75.3 Å². The number of halogens is 2. The van der Waals surface area contributed by atoms with Crippen LogP contribution in [0.5, 0.6) is 5.75 Å². The lowest BCUT2D eigenvalue weighted by molar-refractivity contribution is 0.0696. The van der Waals surface area contributed by atoms with Gasteiger partial charge in [0.25, 0.3) is 5.91 Å². The molecule has 51 heavy (non-hydrogen) atoms. The van der Waals surface area contributed by atoms with Gasteiger partial charge in [-0.3, -0.25) is 14.2 Å². The van der Waals surface area contributed by atoms with E-state index in [9.17, 15) is 9.90 Å². The maximum absolute atomic E-state index is 15.1. The number of aromatic nitrogens is 5. The molecule has 0 radical (unpaired) electrons. The lowest BCUT2D eigenvalue weighted by Crippen LogP contribution is -2.32. The molecule has 3 aromatic carbocycles. The summed E-state index contributed by atoms with van der Waals surface area (Å²) in [6.07, 6.45) is 3.50. The van der Waals surface area contributed by atoms with E-state index in [4.69, 9.17) is 33.0 Å². The number of nitrogens with zero attached hydrogens (tertiary/aromatic N) is 6. The molecule has 10 nitrogen and oxygen atoms in total. The van der Waals surface area contributed by atoms with Gasteiger partial charge in [0, 0.05) is 59.3 Å². The normalized spacial score (nSPS) is 13.3. The van der Waals surface area contributed by atoms with Crippen LogP contribution in [0.4, 0.5) is 5.69 Å². The van der Waals surface area contributed by atoms with Crippen LogP contribution in [0, 0.1) is 27.7 Å². The molecule has 4 heterocycles. The third kappa shape index (κ3) is 5.84. The predicted molar refractivity (Wildman–Crippen MR) is 202 cm³/mol. The maximum atomic E-state index is 15.1. The van der Waals surface area contributed by atoms with E-state index >= 15 is 4.79 Å². The smallest absolute Gasteiger partial charge is 0.335 e. The van der Waals surface area contributed by atoms with Crippen molar-refractivity contribution in [3.63, 3.8) is 0 Å². The van der Waals surface area contributed by atoms with Crippen molar-refractivity contribution in [2.75, 3.05) is 18.1 Å². The van der Waals surface area contributed by atoms with Crippen molar-refractivity contribution in [3.05, 3.63) is 92.0 Å². The highest BCUT2D eigenvalue weighted by molar-refractivity contribution is 6.35. The Bertz CT molecular complexity index is 2360. The first-order chi connectivity index (χ1) is 24.4. The molecule has 0 bridgehead atoms. The van der Waals surface area contributed by atoms with Crippen LogP contribution >= 0.6 is 23.2 Å². The molecule has 0 atom stereocenters. The molecule has 7 rings (SSSR count). The Kier molecular flexibility index (Phi) is 9.10. The molecule has 0 saturated heterocycles. The number of carboxylic acids is 1. The van der Waals surface area contributed by atoms with E-state index in [1.54, 1.807) is 23.2 Å². The second-order valence-corrected chi connectivity index (χ2v) is 14.1. The molecule has 0 aliphatic carbocycles. The summed E-state index contributed by atoms with van der Waals surface area (Å²) in [5.41, 5.74) is 9.29. The van der Waals surface area contributed by atoms with Gasteiger partial charge in [0.05, 0.1) is 45.8 Å². The second-order valence-electron chi connectivity index (χ2n) is 13.3. The Morgan fingerprint density at radius 3 is 2.41 bits per heavy atom. The quantitative estimate of drug-likeness (QED) is 0.149. The van der Waals surface area contributed by atoms with Gasteiger partial charge in [0.2, 0.25) is 0 Å². The highest BCUT2D eigenvalue weighted by atomic mass is 35.5. The zero-order chi connectivity index (χ0) is 36.3. The van der Waals surface area contributed by atoms with E-state index in [0.717, 1.165) is 66.4 Å². The van der Waals surface area contributed by atoms with Crippen molar-refractivity contribution in [1.29, 1.82) is 0 Å². The number of carbonyl (C=O) groups excluding carboxylic acids is 1. The molecular weight excluding hydrogens is 687 g/mol. The van der Waals surface area contributed by atoms with Crippen molar-refractivity contribution >= 4 is 62.6 Å². The lowest BCUT2D eigenvalue weighted by Gasteiger charge is -2.23. The molecule has 1 aliphatic rings. The number of benzene rings is 3. The molecule has 0 unspecified atom stereocenters. The summed E-state index contributed by atoms with van der Waals surface area (Å²) in [6, 6.07) is 11.0. The fourth-order valence-electron chi connectivity index (χ4n) is 7.64. The van der Waals surface area contributed by atoms with E-state index in [1.165, 1.54) is 0 Å². The third-order valence-corrected chi connectivity index (χ3v) is 11.0. The van der Waals surface area contributed by atoms with Gasteiger partial charge in [0.1, 0.15) is 11.4 Å². The van der Waals surface area contributed by atoms with Crippen molar-refractivity contribution in [3.8, 4) is 16.9 Å². The zero-order valence-electron chi connectivity index (χ0n) is 29.6. The number of amides is 1. The number of hydrogen-bond acceptors (Lipinski definition) is 5. The first kappa shape index (κ1) is 34.6. The number of rotatable bonds is 9. The predicted octanol–water partition coefficient (Wildman–Crippen LogP) is 8.71. The Labute approximate surface area is 306 Å². The third-order valence-electron chi connectivity index (χ3n) is 10.0. The number of aromatic carboxylic acids is 1. The van der Waals surface area contributed by atoms with E-state index in [2.05, 4.69) is 9.67 Å². The molecule has 12 heteroatoms. The SMILES string of the molecule is CCn1ncc2cc(C(=O)O)cc(N3CCCn4c(c(CCCOc5cc(C)c(Cl)c(C)c5)c5ccc(Cl)c(-c6c(C)nn(C)c6C)c54)C3=O)c21. The van der Waals surface area contributed by atoms with Crippen molar-refractivity contribution < 1.29 is 19.4 Å². The van der Waals surface area contributed by atoms with E-state index in [0.29, 0.717) is 67.3 Å². The molecule has 1 N–H and O–H groups in total. The van der Waals surface area contributed by atoms with Gasteiger partial charge in [-0.2, -0.15) is 10.2 Å². The highest BCUT2D eigenvalue weighted by Gasteiger charge is 2.34. The summed E-state index contributed by atoms with van der Waals surface area (Å²) < 4.78 is 12.0. The van der Waals surface area contributed by atoms with Crippen molar-refractivity contribution in [2.24, 2.45) is 7.05 Å². The molecule has 3 aromatic heterocycles. The Hall–Kier alpha value is -4.80. The monoisotopic (exact) mass is 726 g/mol. The summed E-state index contributed by atoms with van der Waals surface area (Å²) in [4.78, 5) is 29.1. The Balaban J connectivity index is 1.39. The van der Waals surface area contributed by atoms with Crippen LogP contribution in [-0.2, 0) is 26.6 Å².